The standard InChI is InChI=1S/C22H24N6OS.C2HF3O2/c1-16-20(30-15-25-16)14-26-8-10-27(11-9-26)21-22-24-13-19(28(22)7-6-23-21)17-4-3-5-18(12-17)29-2;3-2(4,5)1(6)7/h3-7,12-13,15H,8-11,14H2,1-2H3;(H,6,7). The quantitative estimate of drug-likeness (QED) is 0.409. The van der Waals surface area contributed by atoms with Crippen LogP contribution in [0.15, 0.2) is 48.4 Å². The van der Waals surface area contributed by atoms with Crippen molar-refractivity contribution in [3.05, 3.63) is 58.9 Å². The molecule has 0 bridgehead atoms. The minimum Gasteiger partial charge on any atom is -0.497 e. The lowest BCUT2D eigenvalue weighted by molar-refractivity contribution is -0.192. The number of anilines is 1. The number of carbonyl (C=O) groups is 1. The van der Waals surface area contributed by atoms with E-state index in [2.05, 4.69) is 37.2 Å². The number of rotatable bonds is 5. The molecule has 0 radical (unpaired) electrons. The van der Waals surface area contributed by atoms with Gasteiger partial charge in [-0.05, 0) is 19.1 Å². The zero-order valence-electron chi connectivity index (χ0n) is 20.1. The zero-order chi connectivity index (χ0) is 26.6. The molecule has 13 heteroatoms. The van der Waals surface area contributed by atoms with E-state index >= 15 is 0 Å². The van der Waals surface area contributed by atoms with E-state index in [-0.39, 0.29) is 0 Å². The summed E-state index contributed by atoms with van der Waals surface area (Å²) in [7, 11) is 1.69. The molecule has 1 aromatic carbocycles. The third-order valence-electron chi connectivity index (χ3n) is 5.90. The van der Waals surface area contributed by atoms with Crippen LogP contribution in [0.1, 0.15) is 10.6 Å². The Labute approximate surface area is 214 Å². The summed E-state index contributed by atoms with van der Waals surface area (Å²) in [5.74, 6) is -0.975. The molecule has 0 atom stereocenters. The number of carboxylic acids is 1. The molecular formula is C24H25F3N6O3S. The molecule has 1 aliphatic rings. The minimum absolute atomic E-state index is 0.837. The number of aromatic nitrogens is 4. The largest absolute Gasteiger partial charge is 0.497 e. The van der Waals surface area contributed by atoms with Gasteiger partial charge in [0.1, 0.15) is 5.75 Å². The highest BCUT2D eigenvalue weighted by atomic mass is 32.1. The Morgan fingerprint density at radius 3 is 2.51 bits per heavy atom. The molecule has 1 aliphatic heterocycles. The fraction of sp³-hybridized carbons (Fsp3) is 0.333. The average molecular weight is 535 g/mol. The van der Waals surface area contributed by atoms with Crippen LogP contribution in [0.25, 0.3) is 16.9 Å². The summed E-state index contributed by atoms with van der Waals surface area (Å²) in [6.45, 7) is 6.95. The molecule has 1 fully saturated rings. The number of imidazole rings is 1. The molecule has 1 saturated heterocycles. The SMILES string of the molecule is COc1cccc(-c2cnc3c(N4CCN(Cc5scnc5C)CC4)nccn23)c1.O=C(O)C(F)(F)F. The Bertz CT molecular complexity index is 1370. The first kappa shape index (κ1) is 26.4. The Morgan fingerprint density at radius 2 is 1.89 bits per heavy atom. The van der Waals surface area contributed by atoms with Crippen LogP contribution < -0.4 is 9.64 Å². The number of thiazole rings is 1. The van der Waals surface area contributed by atoms with Gasteiger partial charge in [0.2, 0.25) is 0 Å². The second kappa shape index (κ2) is 11.1. The Kier molecular flexibility index (Phi) is 7.93. The summed E-state index contributed by atoms with van der Waals surface area (Å²) in [4.78, 5) is 28.9. The number of fused-ring (bicyclic) bond motifs is 1. The smallest absolute Gasteiger partial charge is 0.490 e. The van der Waals surface area contributed by atoms with E-state index in [1.807, 2.05) is 42.3 Å². The maximum atomic E-state index is 10.6. The summed E-state index contributed by atoms with van der Waals surface area (Å²) in [6.07, 6.45) is 0.669. The number of hydrogen-bond acceptors (Lipinski definition) is 8. The van der Waals surface area contributed by atoms with Gasteiger partial charge < -0.3 is 14.7 Å². The Balaban J connectivity index is 0.000000405. The predicted octanol–water partition coefficient (Wildman–Crippen LogP) is 4.13. The molecule has 0 saturated carbocycles. The summed E-state index contributed by atoms with van der Waals surface area (Å²) in [5.41, 5.74) is 6.08. The second-order valence-corrected chi connectivity index (χ2v) is 9.19. The lowest BCUT2D eigenvalue weighted by atomic mass is 10.1. The second-order valence-electron chi connectivity index (χ2n) is 8.25. The van der Waals surface area contributed by atoms with E-state index in [1.54, 1.807) is 18.4 Å². The maximum Gasteiger partial charge on any atom is 0.490 e. The molecule has 0 unspecified atom stereocenters. The van der Waals surface area contributed by atoms with E-state index in [0.29, 0.717) is 0 Å². The maximum absolute atomic E-state index is 10.6. The lowest BCUT2D eigenvalue weighted by Gasteiger charge is -2.35. The van der Waals surface area contributed by atoms with Gasteiger partial charge in [0.05, 0.1) is 30.2 Å². The van der Waals surface area contributed by atoms with Crippen LogP contribution in [0.2, 0.25) is 0 Å². The van der Waals surface area contributed by atoms with E-state index in [1.165, 1.54) is 4.88 Å². The highest BCUT2D eigenvalue weighted by Crippen LogP contribution is 2.28. The number of nitrogens with zero attached hydrogens (tertiary/aromatic N) is 6. The number of methoxy groups -OCH3 is 1. The van der Waals surface area contributed by atoms with Crippen LogP contribution in [0.3, 0.4) is 0 Å². The first-order valence-electron chi connectivity index (χ1n) is 11.3. The van der Waals surface area contributed by atoms with Gasteiger partial charge in [-0.15, -0.1) is 11.3 Å². The average Bonchev–Trinajstić information content (AvgIpc) is 3.50. The van der Waals surface area contributed by atoms with Gasteiger partial charge in [-0.25, -0.2) is 19.7 Å². The molecule has 196 valence electrons. The van der Waals surface area contributed by atoms with Crippen molar-refractivity contribution in [1.29, 1.82) is 0 Å². The van der Waals surface area contributed by atoms with Crippen LogP contribution in [0.5, 0.6) is 5.75 Å². The van der Waals surface area contributed by atoms with Gasteiger partial charge >= 0.3 is 12.1 Å². The monoisotopic (exact) mass is 534 g/mol. The number of carboxylic acid groups (broad SMARTS) is 1. The van der Waals surface area contributed by atoms with Crippen molar-refractivity contribution in [3.63, 3.8) is 0 Å². The molecule has 4 heterocycles. The molecular weight excluding hydrogens is 509 g/mol. The highest BCUT2D eigenvalue weighted by molar-refractivity contribution is 7.09. The van der Waals surface area contributed by atoms with Crippen molar-refractivity contribution in [3.8, 4) is 17.0 Å². The number of piperazine rings is 1. The highest BCUT2D eigenvalue weighted by Gasteiger charge is 2.38. The van der Waals surface area contributed by atoms with Crippen LogP contribution >= 0.6 is 11.3 Å². The predicted molar refractivity (Wildman–Crippen MR) is 133 cm³/mol. The van der Waals surface area contributed by atoms with Crippen molar-refractivity contribution in [2.24, 2.45) is 0 Å². The molecule has 1 N–H and O–H groups in total. The topological polar surface area (TPSA) is 96.1 Å². The minimum atomic E-state index is -5.08. The van der Waals surface area contributed by atoms with Gasteiger partial charge in [-0.3, -0.25) is 9.30 Å². The van der Waals surface area contributed by atoms with Gasteiger partial charge in [0, 0.05) is 55.6 Å². The fourth-order valence-corrected chi connectivity index (χ4v) is 4.74. The lowest BCUT2D eigenvalue weighted by Crippen LogP contribution is -2.46. The van der Waals surface area contributed by atoms with E-state index in [4.69, 9.17) is 19.6 Å². The van der Waals surface area contributed by atoms with Crippen molar-refractivity contribution in [2.75, 3.05) is 38.2 Å². The number of hydrogen-bond donors (Lipinski definition) is 1. The molecule has 0 aliphatic carbocycles. The van der Waals surface area contributed by atoms with Crippen molar-refractivity contribution in [1.82, 2.24) is 24.3 Å². The van der Waals surface area contributed by atoms with Crippen LogP contribution in [0, 0.1) is 6.92 Å². The Morgan fingerprint density at radius 1 is 1.16 bits per heavy atom. The third kappa shape index (κ3) is 6.17. The van der Waals surface area contributed by atoms with Gasteiger partial charge in [-0.1, -0.05) is 12.1 Å². The van der Waals surface area contributed by atoms with Crippen molar-refractivity contribution in [2.45, 2.75) is 19.6 Å². The van der Waals surface area contributed by atoms with Crippen LogP contribution in [-0.2, 0) is 11.3 Å². The van der Waals surface area contributed by atoms with Gasteiger partial charge in [0.25, 0.3) is 0 Å². The van der Waals surface area contributed by atoms with Crippen LogP contribution in [-0.4, -0.2) is 74.8 Å². The summed E-state index contributed by atoms with van der Waals surface area (Å²) in [5, 5.41) is 7.12. The first-order chi connectivity index (χ1) is 17.7. The normalized spacial score (nSPS) is 14.4. The van der Waals surface area contributed by atoms with Crippen LogP contribution in [0.4, 0.5) is 19.0 Å². The molecule has 5 rings (SSSR count). The van der Waals surface area contributed by atoms with Crippen molar-refractivity contribution < 1.29 is 27.8 Å². The molecule has 3 aromatic heterocycles. The van der Waals surface area contributed by atoms with E-state index in [9.17, 15) is 13.2 Å². The Hall–Kier alpha value is -3.71. The number of benzene rings is 1. The number of alkyl halides is 3. The molecule has 37 heavy (non-hydrogen) atoms. The molecule has 4 aromatic rings. The number of aryl methyl sites for hydroxylation is 1. The van der Waals surface area contributed by atoms with Crippen molar-refractivity contribution >= 4 is 28.8 Å². The molecule has 9 nitrogen and oxygen atoms in total. The first-order valence-corrected chi connectivity index (χ1v) is 12.2. The zero-order valence-corrected chi connectivity index (χ0v) is 21.0. The van der Waals surface area contributed by atoms with Gasteiger partial charge in [-0.2, -0.15) is 13.2 Å². The molecule has 0 spiro atoms. The third-order valence-corrected chi connectivity index (χ3v) is 6.82. The summed E-state index contributed by atoms with van der Waals surface area (Å²) >= 11 is 1.74. The molecule has 0 amide bonds. The van der Waals surface area contributed by atoms with Gasteiger partial charge in [0.15, 0.2) is 11.5 Å². The number of halogens is 3. The van der Waals surface area contributed by atoms with E-state index < -0.39 is 12.1 Å². The fourth-order valence-electron chi connectivity index (χ4n) is 3.92. The summed E-state index contributed by atoms with van der Waals surface area (Å²) < 4.78 is 39.2. The van der Waals surface area contributed by atoms with E-state index in [0.717, 1.165) is 66.9 Å². The number of aliphatic carboxylic acids is 1. The number of ether oxygens (including phenoxy) is 1. The summed E-state index contributed by atoms with van der Waals surface area (Å²) in [6, 6.07) is 8.06.